The largest absolute Gasteiger partial charge is 0.485 e. The predicted octanol–water partition coefficient (Wildman–Crippen LogP) is 4.45. The number of amidine groups is 1. The maximum absolute atomic E-state index is 11.9. The summed E-state index contributed by atoms with van der Waals surface area (Å²) >= 11 is 0. The maximum atomic E-state index is 11.9. The van der Waals surface area contributed by atoms with Crippen molar-refractivity contribution in [2.45, 2.75) is 6.92 Å². The number of methoxy groups -OCH3 is 1. The summed E-state index contributed by atoms with van der Waals surface area (Å²) in [5.74, 6) is -0.787. The van der Waals surface area contributed by atoms with Crippen LogP contribution in [0.4, 0.5) is 5.69 Å². The van der Waals surface area contributed by atoms with E-state index in [1.54, 1.807) is 14.0 Å². The van der Waals surface area contributed by atoms with Crippen LogP contribution < -0.4 is 10.1 Å². The number of carbonyl (C=O) groups is 3. The Morgan fingerprint density at radius 1 is 1.06 bits per heavy atom. The molecule has 0 radical (unpaired) electrons. The molecule has 0 heterocycles. The predicted molar refractivity (Wildman–Crippen MR) is 131 cm³/mol. The number of carboxylic acid groups (broad SMARTS) is 1. The molecule has 34 heavy (non-hydrogen) atoms. The van der Waals surface area contributed by atoms with Gasteiger partial charge < -0.3 is 19.9 Å². The van der Waals surface area contributed by atoms with Crippen molar-refractivity contribution in [3.8, 4) is 5.75 Å². The van der Waals surface area contributed by atoms with Crippen LogP contribution in [0.15, 0.2) is 65.2 Å². The van der Waals surface area contributed by atoms with Crippen molar-refractivity contribution < 1.29 is 29.0 Å². The lowest BCUT2D eigenvalue weighted by atomic mass is 10.0. The molecule has 0 unspecified atom stereocenters. The highest BCUT2D eigenvalue weighted by Crippen LogP contribution is 2.30. The van der Waals surface area contributed by atoms with Gasteiger partial charge in [0.2, 0.25) is 0 Å². The molecule has 3 aromatic rings. The number of esters is 1. The first kappa shape index (κ1) is 24.2. The lowest BCUT2D eigenvalue weighted by Crippen LogP contribution is -2.21. The van der Waals surface area contributed by atoms with Gasteiger partial charge >= 0.3 is 11.9 Å². The van der Waals surface area contributed by atoms with Gasteiger partial charge in [-0.3, -0.25) is 9.79 Å². The molecule has 0 fully saturated rings. The highest BCUT2D eigenvalue weighted by atomic mass is 16.5. The van der Waals surface area contributed by atoms with Gasteiger partial charge in [0.25, 0.3) is 0 Å². The number of benzene rings is 3. The number of aldehydes is 1. The van der Waals surface area contributed by atoms with Gasteiger partial charge in [-0.05, 0) is 53.8 Å². The molecule has 2 N–H and O–H groups in total. The number of nitrogens with one attached hydrogen (secondary N) is 1. The highest BCUT2D eigenvalue weighted by Gasteiger charge is 2.14. The van der Waals surface area contributed by atoms with E-state index in [9.17, 15) is 19.5 Å². The summed E-state index contributed by atoms with van der Waals surface area (Å²) in [5.41, 5.74) is 1.90. The molecule has 3 aromatic carbocycles. The molecular formula is C26H24N2O6. The van der Waals surface area contributed by atoms with Crippen molar-refractivity contribution in [3.05, 3.63) is 76.9 Å². The first-order chi connectivity index (χ1) is 16.4. The first-order valence-corrected chi connectivity index (χ1v) is 10.3. The lowest BCUT2D eigenvalue weighted by Gasteiger charge is -2.15. The molecule has 0 aliphatic heterocycles. The van der Waals surface area contributed by atoms with Gasteiger partial charge in [0.15, 0.2) is 0 Å². The van der Waals surface area contributed by atoms with Crippen molar-refractivity contribution >= 4 is 46.6 Å². The summed E-state index contributed by atoms with van der Waals surface area (Å²) in [5, 5.41) is 14.2. The van der Waals surface area contributed by atoms with Crippen LogP contribution >= 0.6 is 0 Å². The molecular weight excluding hydrogens is 436 g/mol. The SMILES string of the molecule is CN=C(COc1ccc(/C=C(\C)C=O)c2ccccc12)Nc1cc(C(=O)O)cc(C(=O)OC)c1. The molecule has 0 atom stereocenters. The average Bonchev–Trinajstić information content (AvgIpc) is 2.86. The smallest absolute Gasteiger partial charge is 0.337 e. The molecule has 0 amide bonds. The Morgan fingerprint density at radius 2 is 1.76 bits per heavy atom. The second-order valence-electron chi connectivity index (χ2n) is 7.38. The molecule has 8 heteroatoms. The third kappa shape index (κ3) is 5.66. The zero-order valence-corrected chi connectivity index (χ0v) is 19.0. The molecule has 174 valence electrons. The van der Waals surface area contributed by atoms with Gasteiger partial charge in [-0.2, -0.15) is 0 Å². The fourth-order valence-electron chi connectivity index (χ4n) is 3.35. The Labute approximate surface area is 196 Å². The van der Waals surface area contributed by atoms with Crippen molar-refractivity contribution in [3.63, 3.8) is 0 Å². The van der Waals surface area contributed by atoms with Crippen LogP contribution in [0, 0.1) is 0 Å². The number of hydrogen-bond acceptors (Lipinski definition) is 6. The summed E-state index contributed by atoms with van der Waals surface area (Å²) in [4.78, 5) is 38.6. The minimum absolute atomic E-state index is 0.0634. The summed E-state index contributed by atoms with van der Waals surface area (Å²) < 4.78 is 10.7. The van der Waals surface area contributed by atoms with Crippen molar-refractivity contribution in [1.29, 1.82) is 0 Å². The van der Waals surface area contributed by atoms with E-state index in [-0.39, 0.29) is 17.7 Å². The van der Waals surface area contributed by atoms with E-state index in [2.05, 4.69) is 10.3 Å². The van der Waals surface area contributed by atoms with Crippen LogP contribution in [0.25, 0.3) is 16.8 Å². The number of carbonyl (C=O) groups excluding carboxylic acids is 2. The Hall–Kier alpha value is -4.46. The van der Waals surface area contributed by atoms with E-state index in [0.29, 0.717) is 22.8 Å². The van der Waals surface area contributed by atoms with E-state index in [4.69, 9.17) is 9.47 Å². The highest BCUT2D eigenvalue weighted by molar-refractivity contribution is 6.01. The van der Waals surface area contributed by atoms with Gasteiger partial charge in [-0.25, -0.2) is 9.59 Å². The Morgan fingerprint density at radius 3 is 2.41 bits per heavy atom. The second kappa shape index (κ2) is 10.9. The fraction of sp³-hybridized carbons (Fsp3) is 0.154. The number of allylic oxidation sites excluding steroid dienone is 1. The number of fused-ring (bicyclic) bond motifs is 1. The van der Waals surface area contributed by atoms with Crippen LogP contribution in [-0.4, -0.2) is 49.9 Å². The molecule has 0 bridgehead atoms. The second-order valence-corrected chi connectivity index (χ2v) is 7.38. The number of carboxylic acids is 1. The molecule has 0 aromatic heterocycles. The monoisotopic (exact) mass is 460 g/mol. The van der Waals surface area contributed by atoms with Crippen LogP contribution in [0.5, 0.6) is 5.75 Å². The van der Waals surface area contributed by atoms with Gasteiger partial charge in [0.05, 0.1) is 18.2 Å². The fourth-order valence-corrected chi connectivity index (χ4v) is 3.35. The summed E-state index contributed by atoms with van der Waals surface area (Å²) in [6, 6.07) is 15.5. The Balaban J connectivity index is 1.85. The number of hydrogen-bond donors (Lipinski definition) is 2. The van der Waals surface area contributed by atoms with Gasteiger partial charge in [-0.15, -0.1) is 0 Å². The van der Waals surface area contributed by atoms with E-state index in [1.165, 1.54) is 25.3 Å². The Bertz CT molecular complexity index is 1310. The molecule has 8 nitrogen and oxygen atoms in total. The van der Waals surface area contributed by atoms with Crippen LogP contribution in [0.3, 0.4) is 0 Å². The minimum atomic E-state index is -1.18. The van der Waals surface area contributed by atoms with Crippen molar-refractivity contribution in [2.75, 3.05) is 26.1 Å². The minimum Gasteiger partial charge on any atom is -0.485 e. The standard InChI is InChI=1S/C26H24N2O6/c1-16(14-29)10-17-8-9-23(22-7-5-4-6-21(17)22)34-15-24(27-2)28-20-12-18(25(30)31)11-19(13-20)26(32)33-3/h4-14H,15H2,1-3H3,(H,27,28)(H,30,31)/b16-10+. The molecule has 0 spiro atoms. The van der Waals surface area contributed by atoms with E-state index < -0.39 is 11.9 Å². The summed E-state index contributed by atoms with van der Waals surface area (Å²) in [6.07, 6.45) is 2.62. The molecule has 0 aliphatic carbocycles. The van der Waals surface area contributed by atoms with E-state index >= 15 is 0 Å². The number of ether oxygens (including phenoxy) is 2. The number of rotatable bonds is 8. The van der Waals surface area contributed by atoms with Gasteiger partial charge in [0, 0.05) is 18.1 Å². The van der Waals surface area contributed by atoms with E-state index in [1.807, 2.05) is 42.5 Å². The molecule has 0 aliphatic rings. The summed E-state index contributed by atoms with van der Waals surface area (Å²) in [7, 11) is 2.80. The number of anilines is 1. The first-order valence-electron chi connectivity index (χ1n) is 10.3. The topological polar surface area (TPSA) is 114 Å². The van der Waals surface area contributed by atoms with Crippen LogP contribution in [0.1, 0.15) is 33.2 Å². The number of aliphatic imine (C=N–C) groups is 1. The third-order valence-electron chi connectivity index (χ3n) is 5.01. The van der Waals surface area contributed by atoms with Crippen molar-refractivity contribution in [2.24, 2.45) is 4.99 Å². The summed E-state index contributed by atoms with van der Waals surface area (Å²) in [6.45, 7) is 1.81. The average molecular weight is 460 g/mol. The van der Waals surface area contributed by atoms with Crippen LogP contribution in [-0.2, 0) is 9.53 Å². The third-order valence-corrected chi connectivity index (χ3v) is 5.01. The number of aromatic carboxylic acids is 1. The maximum Gasteiger partial charge on any atom is 0.337 e. The van der Waals surface area contributed by atoms with Crippen LogP contribution in [0.2, 0.25) is 0 Å². The quantitative estimate of drug-likeness (QED) is 0.168. The number of nitrogens with zero attached hydrogens (tertiary/aromatic N) is 1. The van der Waals surface area contributed by atoms with Gasteiger partial charge in [0.1, 0.15) is 24.5 Å². The van der Waals surface area contributed by atoms with Crippen molar-refractivity contribution in [1.82, 2.24) is 0 Å². The normalized spacial score (nSPS) is 11.7. The Kier molecular flexibility index (Phi) is 7.76. The van der Waals surface area contributed by atoms with E-state index in [0.717, 1.165) is 22.6 Å². The lowest BCUT2D eigenvalue weighted by molar-refractivity contribution is -0.104. The molecule has 0 saturated carbocycles. The molecule has 3 rings (SSSR count). The zero-order chi connectivity index (χ0) is 24.7. The zero-order valence-electron chi connectivity index (χ0n) is 19.0. The molecule has 0 saturated heterocycles. The van der Waals surface area contributed by atoms with Gasteiger partial charge in [-0.1, -0.05) is 30.3 Å².